The van der Waals surface area contributed by atoms with E-state index in [4.69, 9.17) is 10.5 Å². The molecule has 0 saturated carbocycles. The van der Waals surface area contributed by atoms with Gasteiger partial charge in [-0.1, -0.05) is 13.8 Å². The Hall–Kier alpha value is -1.75. The van der Waals surface area contributed by atoms with Gasteiger partial charge in [0.15, 0.2) is 0 Å². The van der Waals surface area contributed by atoms with Crippen molar-refractivity contribution in [1.82, 2.24) is 4.90 Å². The number of carbonyl (C=O) groups excluding carboxylic acids is 1. The van der Waals surface area contributed by atoms with Gasteiger partial charge in [-0.2, -0.15) is 0 Å². The fourth-order valence-electron chi connectivity index (χ4n) is 2.11. The molecule has 0 spiro atoms. The number of nitrogens with two attached hydrogens (primary N) is 1. The molecule has 2 N–H and O–H groups in total. The quantitative estimate of drug-likeness (QED) is 0.616. The molecule has 0 radical (unpaired) electrons. The maximum Gasteiger partial charge on any atom is 0.340 e. The summed E-state index contributed by atoms with van der Waals surface area (Å²) in [5.41, 5.74) is 7.73. The van der Waals surface area contributed by atoms with Gasteiger partial charge in [-0.15, -0.1) is 0 Å². The van der Waals surface area contributed by atoms with Crippen molar-refractivity contribution in [2.24, 2.45) is 5.92 Å². The molecule has 0 aliphatic rings. The third kappa shape index (κ3) is 5.27. The summed E-state index contributed by atoms with van der Waals surface area (Å²) in [5, 5.41) is 0. The van der Waals surface area contributed by atoms with Crippen molar-refractivity contribution in [3.63, 3.8) is 0 Å². The lowest BCUT2D eigenvalue weighted by molar-refractivity contribution is 0.0602. The third-order valence-electron chi connectivity index (χ3n) is 3.21. The first-order chi connectivity index (χ1) is 9.85. The van der Waals surface area contributed by atoms with Crippen molar-refractivity contribution < 1.29 is 9.53 Å². The van der Waals surface area contributed by atoms with Crippen LogP contribution in [-0.4, -0.2) is 51.7 Å². The van der Waals surface area contributed by atoms with Crippen molar-refractivity contribution >= 4 is 17.3 Å². The van der Waals surface area contributed by atoms with Gasteiger partial charge < -0.3 is 20.3 Å². The monoisotopic (exact) mass is 293 g/mol. The first-order valence-corrected chi connectivity index (χ1v) is 7.22. The lowest BCUT2D eigenvalue weighted by Gasteiger charge is -2.28. The molecule has 21 heavy (non-hydrogen) atoms. The van der Waals surface area contributed by atoms with Crippen LogP contribution in [0.15, 0.2) is 18.2 Å². The zero-order valence-corrected chi connectivity index (χ0v) is 13.7. The summed E-state index contributed by atoms with van der Waals surface area (Å²) in [4.78, 5) is 16.2. The number of anilines is 2. The van der Waals surface area contributed by atoms with Crippen LogP contribution < -0.4 is 10.6 Å². The highest BCUT2D eigenvalue weighted by molar-refractivity contribution is 5.96. The Bertz CT molecular complexity index is 473. The Morgan fingerprint density at radius 3 is 2.48 bits per heavy atom. The van der Waals surface area contributed by atoms with Crippen LogP contribution in [0.25, 0.3) is 0 Å². The SMILES string of the molecule is COC(=O)c1cc(N(CCN(C)C)CC(C)C)ccc1N. The van der Waals surface area contributed by atoms with Gasteiger partial charge in [0.1, 0.15) is 0 Å². The van der Waals surface area contributed by atoms with E-state index in [-0.39, 0.29) is 0 Å². The number of benzene rings is 1. The van der Waals surface area contributed by atoms with Crippen molar-refractivity contribution in [2.45, 2.75) is 13.8 Å². The Morgan fingerprint density at radius 1 is 1.29 bits per heavy atom. The molecule has 0 saturated heterocycles. The molecule has 0 fully saturated rings. The predicted octanol–water partition coefficient (Wildman–Crippen LogP) is 2.08. The Morgan fingerprint density at radius 2 is 1.95 bits per heavy atom. The number of esters is 1. The molecular weight excluding hydrogens is 266 g/mol. The van der Waals surface area contributed by atoms with Crippen LogP contribution in [0.3, 0.4) is 0 Å². The molecule has 118 valence electrons. The number of likely N-dealkylation sites (N-methyl/N-ethyl adjacent to an activating group) is 1. The second kappa shape index (κ2) is 7.88. The third-order valence-corrected chi connectivity index (χ3v) is 3.21. The van der Waals surface area contributed by atoms with Crippen LogP contribution in [0.4, 0.5) is 11.4 Å². The summed E-state index contributed by atoms with van der Waals surface area (Å²) in [6, 6.07) is 5.55. The number of hydrogen-bond acceptors (Lipinski definition) is 5. The van der Waals surface area contributed by atoms with Gasteiger partial charge in [-0.25, -0.2) is 4.79 Å². The molecule has 1 aromatic carbocycles. The number of nitrogens with zero attached hydrogens (tertiary/aromatic N) is 2. The van der Waals surface area contributed by atoms with Crippen molar-refractivity contribution in [3.8, 4) is 0 Å². The molecule has 5 nitrogen and oxygen atoms in total. The highest BCUT2D eigenvalue weighted by Gasteiger charge is 2.15. The maximum absolute atomic E-state index is 11.8. The highest BCUT2D eigenvalue weighted by atomic mass is 16.5. The number of rotatable bonds is 7. The van der Waals surface area contributed by atoms with Crippen LogP contribution in [0.2, 0.25) is 0 Å². The molecule has 0 atom stereocenters. The van der Waals surface area contributed by atoms with E-state index in [2.05, 4.69) is 37.7 Å². The second-order valence-electron chi connectivity index (χ2n) is 5.91. The Kier molecular flexibility index (Phi) is 6.49. The van der Waals surface area contributed by atoms with Crippen LogP contribution in [0.5, 0.6) is 0 Å². The van der Waals surface area contributed by atoms with E-state index in [0.29, 0.717) is 17.2 Å². The van der Waals surface area contributed by atoms with Crippen LogP contribution in [0.1, 0.15) is 24.2 Å². The van der Waals surface area contributed by atoms with E-state index < -0.39 is 5.97 Å². The van der Waals surface area contributed by atoms with Gasteiger partial charge in [0.05, 0.1) is 12.7 Å². The fourth-order valence-corrected chi connectivity index (χ4v) is 2.11. The standard InChI is InChI=1S/C16H27N3O2/c1-12(2)11-19(9-8-18(3)4)13-6-7-15(17)14(10-13)16(20)21-5/h6-7,10,12H,8-9,11,17H2,1-5H3. The van der Waals surface area contributed by atoms with E-state index in [0.717, 1.165) is 25.3 Å². The minimum atomic E-state index is -0.397. The van der Waals surface area contributed by atoms with Gasteiger partial charge in [-0.3, -0.25) is 0 Å². The largest absolute Gasteiger partial charge is 0.465 e. The van der Waals surface area contributed by atoms with E-state index in [1.54, 1.807) is 6.07 Å². The Labute approximate surface area is 127 Å². The molecule has 1 rings (SSSR count). The average molecular weight is 293 g/mol. The minimum absolute atomic E-state index is 0.397. The van der Waals surface area contributed by atoms with Crippen molar-refractivity contribution in [1.29, 1.82) is 0 Å². The van der Waals surface area contributed by atoms with Gasteiger partial charge in [-0.05, 0) is 38.2 Å². The molecule has 0 bridgehead atoms. The highest BCUT2D eigenvalue weighted by Crippen LogP contribution is 2.23. The number of nitrogen functional groups attached to an aromatic ring is 1. The number of carbonyl (C=O) groups is 1. The summed E-state index contributed by atoms with van der Waals surface area (Å²) in [6.45, 7) is 7.14. The summed E-state index contributed by atoms with van der Waals surface area (Å²) in [5.74, 6) is 0.137. The lowest BCUT2D eigenvalue weighted by atomic mass is 10.1. The summed E-state index contributed by atoms with van der Waals surface area (Å²) >= 11 is 0. The van der Waals surface area contributed by atoms with Crippen LogP contribution >= 0.6 is 0 Å². The molecule has 0 aliphatic carbocycles. The maximum atomic E-state index is 11.8. The molecule has 0 amide bonds. The van der Waals surface area contributed by atoms with Gasteiger partial charge in [0.2, 0.25) is 0 Å². The first-order valence-electron chi connectivity index (χ1n) is 7.22. The molecule has 1 aromatic rings. The molecule has 0 aromatic heterocycles. The molecule has 5 heteroatoms. The zero-order chi connectivity index (χ0) is 16.0. The summed E-state index contributed by atoms with van der Waals surface area (Å²) < 4.78 is 4.79. The van der Waals surface area contributed by atoms with E-state index in [9.17, 15) is 4.79 Å². The smallest absolute Gasteiger partial charge is 0.340 e. The van der Waals surface area contributed by atoms with Gasteiger partial charge in [0, 0.05) is 31.0 Å². The number of hydrogen-bond donors (Lipinski definition) is 1. The number of methoxy groups -OCH3 is 1. The van der Waals surface area contributed by atoms with E-state index in [1.807, 2.05) is 12.1 Å². The fraction of sp³-hybridized carbons (Fsp3) is 0.562. The van der Waals surface area contributed by atoms with E-state index in [1.165, 1.54) is 7.11 Å². The predicted molar refractivity (Wildman–Crippen MR) is 87.8 cm³/mol. The second-order valence-corrected chi connectivity index (χ2v) is 5.91. The first kappa shape index (κ1) is 17.3. The summed E-state index contributed by atoms with van der Waals surface area (Å²) in [7, 11) is 5.47. The molecule has 0 heterocycles. The Balaban J connectivity index is 3.03. The minimum Gasteiger partial charge on any atom is -0.465 e. The topological polar surface area (TPSA) is 58.8 Å². The molecule has 0 unspecified atom stereocenters. The molecular formula is C16H27N3O2. The normalized spacial score (nSPS) is 11.0. The summed E-state index contributed by atoms with van der Waals surface area (Å²) in [6.07, 6.45) is 0. The van der Waals surface area contributed by atoms with Crippen LogP contribution in [-0.2, 0) is 4.74 Å². The van der Waals surface area contributed by atoms with Crippen molar-refractivity contribution in [3.05, 3.63) is 23.8 Å². The van der Waals surface area contributed by atoms with Crippen molar-refractivity contribution in [2.75, 3.05) is 51.5 Å². The van der Waals surface area contributed by atoms with Gasteiger partial charge >= 0.3 is 5.97 Å². The molecule has 0 aliphatic heterocycles. The van der Waals surface area contributed by atoms with Crippen LogP contribution in [0, 0.1) is 5.92 Å². The lowest BCUT2D eigenvalue weighted by Crippen LogP contribution is -2.34. The van der Waals surface area contributed by atoms with E-state index >= 15 is 0 Å². The number of ether oxygens (including phenoxy) is 1. The zero-order valence-electron chi connectivity index (χ0n) is 13.7. The van der Waals surface area contributed by atoms with Gasteiger partial charge in [0.25, 0.3) is 0 Å². The average Bonchev–Trinajstić information content (AvgIpc) is 2.42.